The van der Waals surface area contributed by atoms with Crippen LogP contribution in [0.3, 0.4) is 0 Å². The van der Waals surface area contributed by atoms with E-state index in [2.05, 4.69) is 10.2 Å². The van der Waals surface area contributed by atoms with E-state index in [1.807, 2.05) is 0 Å². The zero-order chi connectivity index (χ0) is 24.9. The van der Waals surface area contributed by atoms with E-state index in [-0.39, 0.29) is 45.5 Å². The van der Waals surface area contributed by atoms with E-state index in [9.17, 15) is 21.4 Å². The van der Waals surface area contributed by atoms with Gasteiger partial charge in [0.1, 0.15) is 0 Å². The van der Waals surface area contributed by atoms with Crippen molar-refractivity contribution in [2.75, 3.05) is 21.7 Å². The van der Waals surface area contributed by atoms with Gasteiger partial charge in [-0.25, -0.2) is 16.8 Å². The lowest BCUT2D eigenvalue weighted by molar-refractivity contribution is 0.589. The third kappa shape index (κ3) is 7.76. The molecular formula is C20H22ClN4O5PS2. The largest absolute Gasteiger partial charge is 0.347 e. The Labute approximate surface area is 198 Å². The molecule has 176 valence electrons. The lowest BCUT2D eigenvalue weighted by Gasteiger charge is -2.18. The Morgan fingerprint density at radius 3 is 1.48 bits per heavy atom. The van der Waals surface area contributed by atoms with Crippen LogP contribution in [0.15, 0.2) is 46.2 Å². The Bertz CT molecular complexity index is 1290. The maximum atomic E-state index is 13.0. The van der Waals surface area contributed by atoms with Crippen molar-refractivity contribution >= 4 is 49.1 Å². The van der Waals surface area contributed by atoms with Crippen molar-refractivity contribution in [1.82, 2.24) is 0 Å². The number of hydrogen-bond acceptors (Lipinski definition) is 7. The molecule has 0 spiro atoms. The standard InChI is InChI=1S/C20H22ClN4O5PS2/c1-15-9-17(13-19(11-15)32(27,28)7-3-5-22)24-31(21,26)25-18-10-16(2)12-20(14-18)33(29,30)8-4-6-23/h9-14H,3-4,7-8H2,1-2H3,(H2,24,25,26). The zero-order valence-corrected chi connectivity index (χ0v) is 21.2. The molecule has 0 amide bonds. The van der Waals surface area contributed by atoms with Gasteiger partial charge in [0.05, 0.1) is 33.4 Å². The van der Waals surface area contributed by atoms with E-state index in [1.54, 1.807) is 38.1 Å². The van der Waals surface area contributed by atoms with E-state index in [1.165, 1.54) is 24.3 Å². The fourth-order valence-electron chi connectivity index (χ4n) is 2.94. The molecule has 2 rings (SSSR count). The van der Waals surface area contributed by atoms with Crippen LogP contribution in [-0.4, -0.2) is 28.3 Å². The minimum Gasteiger partial charge on any atom is -0.308 e. The normalized spacial score (nSPS) is 11.9. The molecule has 0 aliphatic heterocycles. The van der Waals surface area contributed by atoms with Gasteiger partial charge in [-0.3, -0.25) is 4.57 Å². The van der Waals surface area contributed by atoms with Gasteiger partial charge in [0.2, 0.25) is 0 Å². The summed E-state index contributed by atoms with van der Waals surface area (Å²) in [5.41, 5.74) is 1.47. The number of nitrogens with one attached hydrogen (secondary N) is 2. The van der Waals surface area contributed by atoms with Gasteiger partial charge in [-0.05, 0) is 72.6 Å². The van der Waals surface area contributed by atoms with Gasteiger partial charge in [-0.2, -0.15) is 10.5 Å². The first-order chi connectivity index (χ1) is 15.3. The zero-order valence-electron chi connectivity index (χ0n) is 17.9. The first kappa shape index (κ1) is 26.7. The quantitative estimate of drug-likeness (QED) is 0.422. The van der Waals surface area contributed by atoms with Crippen LogP contribution in [0.5, 0.6) is 0 Å². The summed E-state index contributed by atoms with van der Waals surface area (Å²) in [7, 11) is -7.45. The maximum Gasteiger partial charge on any atom is 0.347 e. The van der Waals surface area contributed by atoms with E-state index in [4.69, 9.17) is 21.8 Å². The number of halogens is 1. The van der Waals surface area contributed by atoms with Crippen LogP contribution in [0.4, 0.5) is 11.4 Å². The lowest BCUT2D eigenvalue weighted by Crippen LogP contribution is -2.09. The van der Waals surface area contributed by atoms with Crippen molar-refractivity contribution in [3.05, 3.63) is 47.5 Å². The Morgan fingerprint density at radius 2 is 1.15 bits per heavy atom. The number of nitriles is 2. The molecule has 0 aromatic heterocycles. The fourth-order valence-corrected chi connectivity index (χ4v) is 7.04. The molecule has 0 bridgehead atoms. The van der Waals surface area contributed by atoms with Gasteiger partial charge >= 0.3 is 6.80 Å². The minimum atomic E-state index is -3.88. The highest BCUT2D eigenvalue weighted by Crippen LogP contribution is 2.51. The lowest BCUT2D eigenvalue weighted by atomic mass is 10.2. The summed E-state index contributed by atoms with van der Waals surface area (Å²) in [5, 5.41) is 22.5. The summed E-state index contributed by atoms with van der Waals surface area (Å²) >= 11 is 6.16. The van der Waals surface area contributed by atoms with Crippen molar-refractivity contribution in [3.8, 4) is 12.1 Å². The fraction of sp³-hybridized carbons (Fsp3) is 0.300. The van der Waals surface area contributed by atoms with Crippen LogP contribution >= 0.6 is 18.0 Å². The number of anilines is 2. The SMILES string of the molecule is Cc1cc(NP(=O)(Cl)Nc2cc(C)cc(S(=O)(=O)CCC#N)c2)cc(S(=O)(=O)CCC#N)c1. The molecule has 0 saturated carbocycles. The third-order valence-corrected chi connectivity index (χ3v) is 9.32. The van der Waals surface area contributed by atoms with Crippen LogP contribution in [0.1, 0.15) is 24.0 Å². The highest BCUT2D eigenvalue weighted by molar-refractivity contribution is 7.92. The molecule has 0 fully saturated rings. The van der Waals surface area contributed by atoms with Crippen LogP contribution in [0.2, 0.25) is 0 Å². The molecule has 0 aliphatic carbocycles. The molecule has 9 nitrogen and oxygen atoms in total. The van der Waals surface area contributed by atoms with E-state index < -0.39 is 26.5 Å². The van der Waals surface area contributed by atoms with Gasteiger partial charge in [-0.15, -0.1) is 0 Å². The Hall–Kier alpha value is -2.56. The second-order valence-electron chi connectivity index (χ2n) is 7.28. The molecule has 2 aromatic rings. The number of benzene rings is 2. The molecule has 33 heavy (non-hydrogen) atoms. The second-order valence-corrected chi connectivity index (χ2v) is 14.4. The third-order valence-electron chi connectivity index (χ3n) is 4.33. The Morgan fingerprint density at radius 1 is 0.788 bits per heavy atom. The number of nitrogens with zero attached hydrogens (tertiary/aromatic N) is 2. The van der Waals surface area contributed by atoms with E-state index in [0.717, 1.165) is 0 Å². The van der Waals surface area contributed by atoms with Crippen molar-refractivity contribution in [2.45, 2.75) is 36.5 Å². The van der Waals surface area contributed by atoms with Crippen LogP contribution in [0.25, 0.3) is 0 Å². The average Bonchev–Trinajstić information content (AvgIpc) is 2.69. The molecule has 0 saturated heterocycles. The molecule has 0 aliphatic rings. The van der Waals surface area contributed by atoms with Gasteiger partial charge < -0.3 is 10.2 Å². The van der Waals surface area contributed by atoms with Crippen molar-refractivity contribution in [2.24, 2.45) is 0 Å². The summed E-state index contributed by atoms with van der Waals surface area (Å²) in [4.78, 5) is -0.0864. The smallest absolute Gasteiger partial charge is 0.308 e. The average molecular weight is 529 g/mol. The van der Waals surface area contributed by atoms with Crippen molar-refractivity contribution in [3.63, 3.8) is 0 Å². The summed E-state index contributed by atoms with van der Waals surface area (Å²) in [5.74, 6) is -0.703. The van der Waals surface area contributed by atoms with E-state index >= 15 is 0 Å². The molecule has 13 heteroatoms. The van der Waals surface area contributed by atoms with Crippen molar-refractivity contribution < 1.29 is 21.4 Å². The number of aryl methyl sites for hydroxylation is 2. The number of sulfone groups is 2. The summed E-state index contributed by atoms with van der Waals surface area (Å²) in [6, 6.07) is 12.1. The second kappa shape index (κ2) is 10.6. The summed E-state index contributed by atoms with van der Waals surface area (Å²) < 4.78 is 62.7. The van der Waals surface area contributed by atoms with E-state index in [0.29, 0.717) is 11.1 Å². The summed E-state index contributed by atoms with van der Waals surface area (Å²) in [6.07, 6.45) is -0.330. The first-order valence-electron chi connectivity index (χ1n) is 9.57. The maximum absolute atomic E-state index is 13.0. The molecule has 2 N–H and O–H groups in total. The topological polar surface area (TPSA) is 157 Å². The molecule has 2 aromatic carbocycles. The minimum absolute atomic E-state index is 0.0432. The number of rotatable bonds is 10. The number of hydrogen-bond donors (Lipinski definition) is 2. The molecule has 0 atom stereocenters. The van der Waals surface area contributed by atoms with Crippen molar-refractivity contribution in [1.29, 1.82) is 10.5 Å². The monoisotopic (exact) mass is 528 g/mol. The highest BCUT2D eigenvalue weighted by Gasteiger charge is 2.23. The summed E-state index contributed by atoms with van der Waals surface area (Å²) in [6.45, 7) is -0.579. The van der Waals surface area contributed by atoms with Crippen LogP contribution in [0, 0.1) is 36.5 Å². The highest BCUT2D eigenvalue weighted by atomic mass is 35.7. The molecule has 0 radical (unpaired) electrons. The molecular weight excluding hydrogens is 507 g/mol. The van der Waals surface area contributed by atoms with Gasteiger partial charge in [-0.1, -0.05) is 0 Å². The van der Waals surface area contributed by atoms with Crippen LogP contribution < -0.4 is 10.2 Å². The Kier molecular flexibility index (Phi) is 8.56. The molecule has 0 heterocycles. The predicted octanol–water partition coefficient (Wildman–Crippen LogP) is 4.55. The van der Waals surface area contributed by atoms with Gasteiger partial charge in [0.15, 0.2) is 19.7 Å². The first-order valence-corrected chi connectivity index (χ1v) is 15.5. The van der Waals surface area contributed by atoms with Gasteiger partial charge in [0, 0.05) is 24.2 Å². The Balaban J connectivity index is 2.32. The predicted molar refractivity (Wildman–Crippen MR) is 128 cm³/mol. The molecule has 0 unspecified atom stereocenters. The van der Waals surface area contributed by atoms with Gasteiger partial charge in [0.25, 0.3) is 0 Å². The van der Waals surface area contributed by atoms with Crippen LogP contribution in [-0.2, 0) is 24.2 Å².